The molecule has 0 amide bonds. The van der Waals surface area contributed by atoms with Crippen LogP contribution in [0, 0.1) is 0 Å². The number of aromatic nitrogens is 4. The SMILES string of the molecule is Cn1cncc1-c1n[nH]c2c(N3CCOCC3)cccc12. The maximum Gasteiger partial charge on any atom is 0.118 e. The van der Waals surface area contributed by atoms with Gasteiger partial charge in [0.25, 0.3) is 0 Å². The van der Waals surface area contributed by atoms with E-state index in [9.17, 15) is 0 Å². The molecule has 0 bridgehead atoms. The van der Waals surface area contributed by atoms with Crippen LogP contribution in [-0.4, -0.2) is 46.1 Å². The molecule has 0 aliphatic carbocycles. The lowest BCUT2D eigenvalue weighted by Gasteiger charge is -2.29. The maximum atomic E-state index is 5.43. The molecular weight excluding hydrogens is 266 g/mol. The zero-order valence-electron chi connectivity index (χ0n) is 11.9. The number of hydrogen-bond acceptors (Lipinski definition) is 4. The number of anilines is 1. The second kappa shape index (κ2) is 4.89. The van der Waals surface area contributed by atoms with Crippen LogP contribution in [0.4, 0.5) is 5.69 Å². The van der Waals surface area contributed by atoms with Gasteiger partial charge < -0.3 is 14.2 Å². The third kappa shape index (κ3) is 1.99. The molecule has 108 valence electrons. The van der Waals surface area contributed by atoms with Crippen LogP contribution in [0.25, 0.3) is 22.3 Å². The molecule has 0 atom stereocenters. The standard InChI is InChI=1S/C15H17N5O/c1-19-10-16-9-13(19)15-11-3-2-4-12(14(11)17-18-15)20-5-7-21-8-6-20/h2-4,9-10H,5-8H2,1H3,(H,17,18). The Morgan fingerprint density at radius 2 is 2.10 bits per heavy atom. The van der Waals surface area contributed by atoms with Gasteiger partial charge in [-0.1, -0.05) is 12.1 Å². The molecule has 0 spiro atoms. The molecule has 3 aromatic rings. The van der Waals surface area contributed by atoms with Gasteiger partial charge in [-0.3, -0.25) is 5.10 Å². The zero-order valence-corrected chi connectivity index (χ0v) is 11.9. The molecule has 1 fully saturated rings. The van der Waals surface area contributed by atoms with E-state index in [2.05, 4.69) is 38.3 Å². The van der Waals surface area contributed by atoms with E-state index in [4.69, 9.17) is 4.74 Å². The Hall–Kier alpha value is -2.34. The summed E-state index contributed by atoms with van der Waals surface area (Å²) in [7, 11) is 1.98. The van der Waals surface area contributed by atoms with E-state index in [-0.39, 0.29) is 0 Å². The molecule has 4 rings (SSSR count). The van der Waals surface area contributed by atoms with E-state index < -0.39 is 0 Å². The highest BCUT2D eigenvalue weighted by Crippen LogP contribution is 2.32. The highest BCUT2D eigenvalue weighted by molar-refractivity contribution is 5.99. The monoisotopic (exact) mass is 283 g/mol. The summed E-state index contributed by atoms with van der Waals surface area (Å²) in [5.41, 5.74) is 4.23. The molecule has 0 saturated carbocycles. The van der Waals surface area contributed by atoms with Gasteiger partial charge in [-0.05, 0) is 6.07 Å². The molecule has 2 aromatic heterocycles. The molecule has 21 heavy (non-hydrogen) atoms. The lowest BCUT2D eigenvalue weighted by Crippen LogP contribution is -2.36. The summed E-state index contributed by atoms with van der Waals surface area (Å²) >= 11 is 0. The van der Waals surface area contributed by atoms with Crippen LogP contribution in [0.1, 0.15) is 0 Å². The molecule has 1 aromatic carbocycles. The Morgan fingerprint density at radius 3 is 2.86 bits per heavy atom. The number of fused-ring (bicyclic) bond motifs is 1. The average molecular weight is 283 g/mol. The highest BCUT2D eigenvalue weighted by Gasteiger charge is 2.18. The quantitative estimate of drug-likeness (QED) is 0.779. The minimum absolute atomic E-state index is 0.777. The number of nitrogens with one attached hydrogen (secondary N) is 1. The topological polar surface area (TPSA) is 59.0 Å². The molecule has 0 unspecified atom stereocenters. The summed E-state index contributed by atoms with van der Waals surface area (Å²) in [6.07, 6.45) is 3.64. The molecular formula is C15H17N5O. The lowest BCUT2D eigenvalue weighted by molar-refractivity contribution is 0.123. The first-order chi connectivity index (χ1) is 10.3. The van der Waals surface area contributed by atoms with Crippen LogP contribution in [0.5, 0.6) is 0 Å². The van der Waals surface area contributed by atoms with Crippen molar-refractivity contribution in [2.75, 3.05) is 31.2 Å². The van der Waals surface area contributed by atoms with Crippen LogP contribution in [0.2, 0.25) is 0 Å². The molecule has 1 saturated heterocycles. The van der Waals surface area contributed by atoms with E-state index in [0.29, 0.717) is 0 Å². The number of morpholine rings is 1. The number of aromatic amines is 1. The summed E-state index contributed by atoms with van der Waals surface area (Å²) < 4.78 is 7.42. The molecule has 3 heterocycles. The number of nitrogens with zero attached hydrogens (tertiary/aromatic N) is 4. The van der Waals surface area contributed by atoms with Gasteiger partial charge in [-0.15, -0.1) is 0 Å². The zero-order chi connectivity index (χ0) is 14.2. The van der Waals surface area contributed by atoms with Gasteiger partial charge in [0, 0.05) is 25.5 Å². The minimum atomic E-state index is 0.777. The number of ether oxygens (including phenoxy) is 1. The first-order valence-corrected chi connectivity index (χ1v) is 7.11. The number of para-hydroxylation sites is 1. The molecule has 6 heteroatoms. The Kier molecular flexibility index (Phi) is 2.89. The predicted molar refractivity (Wildman–Crippen MR) is 81.3 cm³/mol. The van der Waals surface area contributed by atoms with Crippen LogP contribution >= 0.6 is 0 Å². The van der Waals surface area contributed by atoms with Crippen molar-refractivity contribution in [1.82, 2.24) is 19.7 Å². The van der Waals surface area contributed by atoms with Gasteiger partial charge in [-0.25, -0.2) is 4.98 Å². The fourth-order valence-corrected chi connectivity index (χ4v) is 2.88. The van der Waals surface area contributed by atoms with E-state index in [0.717, 1.165) is 48.6 Å². The first-order valence-electron chi connectivity index (χ1n) is 7.11. The number of hydrogen-bond donors (Lipinski definition) is 1. The number of rotatable bonds is 2. The third-order valence-electron chi connectivity index (χ3n) is 3.99. The second-order valence-corrected chi connectivity index (χ2v) is 5.26. The van der Waals surface area contributed by atoms with Crippen molar-refractivity contribution in [2.24, 2.45) is 7.05 Å². The Balaban J connectivity index is 1.84. The fourth-order valence-electron chi connectivity index (χ4n) is 2.88. The number of imidazole rings is 1. The number of aryl methyl sites for hydroxylation is 1. The van der Waals surface area contributed by atoms with Crippen molar-refractivity contribution >= 4 is 16.6 Å². The fraction of sp³-hybridized carbons (Fsp3) is 0.333. The van der Waals surface area contributed by atoms with E-state index >= 15 is 0 Å². The van der Waals surface area contributed by atoms with E-state index in [1.165, 1.54) is 5.69 Å². The molecule has 1 aliphatic rings. The first kappa shape index (κ1) is 12.4. The summed E-state index contributed by atoms with van der Waals surface area (Å²) in [6.45, 7) is 3.39. The molecule has 1 aliphatic heterocycles. The lowest BCUT2D eigenvalue weighted by atomic mass is 10.1. The average Bonchev–Trinajstić information content (AvgIpc) is 3.13. The third-order valence-corrected chi connectivity index (χ3v) is 3.99. The normalized spacial score (nSPS) is 15.8. The van der Waals surface area contributed by atoms with E-state index in [1.807, 2.05) is 17.8 Å². The maximum absolute atomic E-state index is 5.43. The summed E-state index contributed by atoms with van der Waals surface area (Å²) in [5.74, 6) is 0. The second-order valence-electron chi connectivity index (χ2n) is 5.26. The van der Waals surface area contributed by atoms with Crippen molar-refractivity contribution in [1.29, 1.82) is 0 Å². The van der Waals surface area contributed by atoms with Crippen LogP contribution < -0.4 is 4.90 Å². The number of H-pyrrole nitrogens is 1. The van der Waals surface area contributed by atoms with Gasteiger partial charge in [0.15, 0.2) is 0 Å². The van der Waals surface area contributed by atoms with Crippen LogP contribution in [0.3, 0.4) is 0 Å². The molecule has 1 N–H and O–H groups in total. The minimum Gasteiger partial charge on any atom is -0.378 e. The Labute approximate surface area is 122 Å². The van der Waals surface area contributed by atoms with Crippen molar-refractivity contribution in [3.63, 3.8) is 0 Å². The molecule has 0 radical (unpaired) electrons. The van der Waals surface area contributed by atoms with Gasteiger partial charge in [-0.2, -0.15) is 5.10 Å². The Bertz CT molecular complexity index is 769. The smallest absolute Gasteiger partial charge is 0.118 e. The van der Waals surface area contributed by atoms with Crippen molar-refractivity contribution < 1.29 is 4.74 Å². The highest BCUT2D eigenvalue weighted by atomic mass is 16.5. The summed E-state index contributed by atoms with van der Waals surface area (Å²) in [5, 5.41) is 8.83. The Morgan fingerprint density at radius 1 is 1.24 bits per heavy atom. The predicted octanol–water partition coefficient (Wildman–Crippen LogP) is 1.80. The largest absolute Gasteiger partial charge is 0.378 e. The summed E-state index contributed by atoms with van der Waals surface area (Å²) in [4.78, 5) is 6.52. The van der Waals surface area contributed by atoms with Crippen molar-refractivity contribution in [2.45, 2.75) is 0 Å². The van der Waals surface area contributed by atoms with Gasteiger partial charge >= 0.3 is 0 Å². The van der Waals surface area contributed by atoms with Crippen molar-refractivity contribution in [3.8, 4) is 11.4 Å². The van der Waals surface area contributed by atoms with Gasteiger partial charge in [0.05, 0.1) is 42.6 Å². The van der Waals surface area contributed by atoms with Crippen LogP contribution in [-0.2, 0) is 11.8 Å². The summed E-state index contributed by atoms with van der Waals surface area (Å²) in [6, 6.07) is 6.33. The van der Waals surface area contributed by atoms with Crippen LogP contribution in [0.15, 0.2) is 30.7 Å². The number of benzene rings is 1. The van der Waals surface area contributed by atoms with Gasteiger partial charge in [0.1, 0.15) is 5.69 Å². The van der Waals surface area contributed by atoms with E-state index in [1.54, 1.807) is 6.33 Å². The molecule has 6 nitrogen and oxygen atoms in total. The van der Waals surface area contributed by atoms with Crippen molar-refractivity contribution in [3.05, 3.63) is 30.7 Å². The van der Waals surface area contributed by atoms with Gasteiger partial charge in [0.2, 0.25) is 0 Å².